The maximum Gasteiger partial charge on any atom is 0.236 e. The number of nitrogens with zero attached hydrogens (tertiary/aromatic N) is 1. The first-order valence-corrected chi connectivity index (χ1v) is 5.45. The molecule has 1 atom stereocenters. The smallest absolute Gasteiger partial charge is 0.236 e. The fourth-order valence-corrected chi connectivity index (χ4v) is 2.16. The molecule has 2 amide bonds. The molecule has 0 radical (unpaired) electrons. The highest BCUT2D eigenvalue weighted by Gasteiger charge is 2.36. The van der Waals surface area contributed by atoms with E-state index in [9.17, 15) is 9.59 Å². The highest BCUT2D eigenvalue weighted by Crippen LogP contribution is 2.29. The molecule has 0 N–H and O–H groups in total. The zero-order valence-electron chi connectivity index (χ0n) is 8.24. The summed E-state index contributed by atoms with van der Waals surface area (Å²) < 4.78 is 0.926. The van der Waals surface area contributed by atoms with Crippen molar-refractivity contribution in [1.29, 1.82) is 0 Å². The van der Waals surface area contributed by atoms with E-state index in [1.807, 2.05) is 24.3 Å². The van der Waals surface area contributed by atoms with Gasteiger partial charge in [0.05, 0.1) is 5.92 Å². The summed E-state index contributed by atoms with van der Waals surface area (Å²) in [6.07, 6.45) is 0.284. The Bertz CT molecular complexity index is 430. The summed E-state index contributed by atoms with van der Waals surface area (Å²) in [5.41, 5.74) is 0.895. The molecule has 1 aliphatic rings. The molecule has 1 aromatic rings. The Kier molecular flexibility index (Phi) is 2.61. The molecule has 0 saturated carbocycles. The van der Waals surface area contributed by atoms with Crippen LogP contribution in [0, 0.1) is 0 Å². The molecular weight excluding hydrogens is 258 g/mol. The van der Waals surface area contributed by atoms with Crippen molar-refractivity contribution in [1.82, 2.24) is 4.90 Å². The van der Waals surface area contributed by atoms with Crippen LogP contribution in [0.4, 0.5) is 0 Å². The molecule has 0 aromatic heterocycles. The third-order valence-corrected chi connectivity index (χ3v) is 3.13. The summed E-state index contributed by atoms with van der Waals surface area (Å²) in [5.74, 6) is -0.525. The van der Waals surface area contributed by atoms with E-state index in [1.54, 1.807) is 0 Å². The van der Waals surface area contributed by atoms with Crippen LogP contribution >= 0.6 is 15.9 Å². The van der Waals surface area contributed by atoms with Crippen molar-refractivity contribution in [3.8, 4) is 0 Å². The number of hydrogen-bond donors (Lipinski definition) is 0. The number of carbonyl (C=O) groups is 2. The van der Waals surface area contributed by atoms with Gasteiger partial charge in [-0.25, -0.2) is 0 Å². The van der Waals surface area contributed by atoms with Gasteiger partial charge in [0.25, 0.3) is 0 Å². The Hall–Kier alpha value is -1.16. The summed E-state index contributed by atoms with van der Waals surface area (Å²) in [7, 11) is 1.53. The van der Waals surface area contributed by atoms with Crippen molar-refractivity contribution in [3.05, 3.63) is 34.3 Å². The van der Waals surface area contributed by atoms with Crippen LogP contribution in [0.5, 0.6) is 0 Å². The van der Waals surface area contributed by atoms with Crippen molar-refractivity contribution in [2.24, 2.45) is 0 Å². The number of amides is 2. The number of benzene rings is 1. The predicted octanol–water partition coefficient (Wildman–Crippen LogP) is 1.92. The van der Waals surface area contributed by atoms with Crippen LogP contribution in [-0.2, 0) is 9.59 Å². The van der Waals surface area contributed by atoms with E-state index in [0.29, 0.717) is 0 Å². The third-order valence-electron chi connectivity index (χ3n) is 2.63. The molecule has 1 saturated heterocycles. The minimum Gasteiger partial charge on any atom is -0.285 e. The highest BCUT2D eigenvalue weighted by atomic mass is 79.9. The quantitative estimate of drug-likeness (QED) is 0.730. The Labute approximate surface area is 96.2 Å². The Balaban J connectivity index is 2.33. The lowest BCUT2D eigenvalue weighted by Crippen LogP contribution is -2.25. The van der Waals surface area contributed by atoms with Gasteiger partial charge in [-0.15, -0.1) is 0 Å². The second-order valence-corrected chi connectivity index (χ2v) is 4.52. The number of likely N-dealkylation sites (N-methyl/N-ethyl adjacent to an activating group) is 1. The number of carbonyl (C=O) groups excluding carboxylic acids is 2. The second kappa shape index (κ2) is 3.77. The molecule has 4 heteroatoms. The van der Waals surface area contributed by atoms with Gasteiger partial charge in [-0.2, -0.15) is 0 Å². The lowest BCUT2D eigenvalue weighted by atomic mass is 9.98. The summed E-state index contributed by atoms with van der Waals surface area (Å²) in [5, 5.41) is 0. The molecule has 78 valence electrons. The molecular formula is C11H10BrNO2. The Morgan fingerprint density at radius 2 is 2.13 bits per heavy atom. The number of imide groups is 1. The normalized spacial score (nSPS) is 21.2. The average Bonchev–Trinajstić information content (AvgIpc) is 2.46. The number of likely N-dealkylation sites (tertiary alicyclic amines) is 1. The molecule has 15 heavy (non-hydrogen) atoms. The van der Waals surface area contributed by atoms with Crippen LogP contribution in [0.15, 0.2) is 28.7 Å². The Morgan fingerprint density at radius 1 is 1.40 bits per heavy atom. The summed E-state index contributed by atoms with van der Waals surface area (Å²) in [6, 6.07) is 7.53. The maximum absolute atomic E-state index is 11.7. The maximum atomic E-state index is 11.7. The fourth-order valence-electron chi connectivity index (χ4n) is 1.74. The van der Waals surface area contributed by atoms with E-state index < -0.39 is 0 Å². The summed E-state index contributed by atoms with van der Waals surface area (Å²) in [4.78, 5) is 24.3. The topological polar surface area (TPSA) is 37.4 Å². The number of halogens is 1. The average molecular weight is 268 g/mol. The van der Waals surface area contributed by atoms with Gasteiger partial charge in [0.1, 0.15) is 0 Å². The molecule has 3 nitrogen and oxygen atoms in total. The minimum atomic E-state index is -0.306. The predicted molar refractivity (Wildman–Crippen MR) is 59.3 cm³/mol. The van der Waals surface area contributed by atoms with Gasteiger partial charge in [-0.1, -0.05) is 28.1 Å². The Morgan fingerprint density at radius 3 is 2.67 bits per heavy atom. The van der Waals surface area contributed by atoms with E-state index in [2.05, 4.69) is 15.9 Å². The van der Waals surface area contributed by atoms with Crippen LogP contribution in [0.25, 0.3) is 0 Å². The first-order chi connectivity index (χ1) is 7.09. The molecule has 0 aliphatic carbocycles. The minimum absolute atomic E-state index is 0.107. The fraction of sp³-hybridized carbons (Fsp3) is 0.273. The van der Waals surface area contributed by atoms with Crippen LogP contribution in [0.1, 0.15) is 17.9 Å². The van der Waals surface area contributed by atoms with Gasteiger partial charge in [-0.3, -0.25) is 14.5 Å². The van der Waals surface area contributed by atoms with Crippen LogP contribution in [0.2, 0.25) is 0 Å². The first kappa shape index (κ1) is 10.4. The van der Waals surface area contributed by atoms with Crippen LogP contribution < -0.4 is 0 Å². The molecule has 0 unspecified atom stereocenters. The van der Waals surface area contributed by atoms with Crippen LogP contribution in [0.3, 0.4) is 0 Å². The molecule has 1 aliphatic heterocycles. The van der Waals surface area contributed by atoms with Crippen molar-refractivity contribution in [2.75, 3.05) is 7.05 Å². The van der Waals surface area contributed by atoms with Gasteiger partial charge < -0.3 is 0 Å². The third kappa shape index (κ3) is 1.81. The molecule has 2 rings (SSSR count). The van der Waals surface area contributed by atoms with Gasteiger partial charge in [0.2, 0.25) is 11.8 Å². The van der Waals surface area contributed by atoms with Crippen molar-refractivity contribution in [2.45, 2.75) is 12.3 Å². The van der Waals surface area contributed by atoms with Crippen molar-refractivity contribution in [3.63, 3.8) is 0 Å². The van der Waals surface area contributed by atoms with E-state index in [-0.39, 0.29) is 24.2 Å². The highest BCUT2D eigenvalue weighted by molar-refractivity contribution is 9.10. The van der Waals surface area contributed by atoms with Crippen molar-refractivity contribution >= 4 is 27.7 Å². The number of rotatable bonds is 1. The van der Waals surface area contributed by atoms with Crippen LogP contribution in [-0.4, -0.2) is 23.8 Å². The molecule has 0 spiro atoms. The summed E-state index contributed by atoms with van der Waals surface area (Å²) in [6.45, 7) is 0. The number of hydrogen-bond acceptors (Lipinski definition) is 2. The zero-order valence-corrected chi connectivity index (χ0v) is 9.82. The summed E-state index contributed by atoms with van der Waals surface area (Å²) >= 11 is 3.35. The molecule has 1 heterocycles. The van der Waals surface area contributed by atoms with Gasteiger partial charge in [0, 0.05) is 17.9 Å². The molecule has 0 bridgehead atoms. The van der Waals surface area contributed by atoms with E-state index in [0.717, 1.165) is 10.0 Å². The van der Waals surface area contributed by atoms with E-state index in [1.165, 1.54) is 11.9 Å². The van der Waals surface area contributed by atoms with Crippen molar-refractivity contribution < 1.29 is 9.59 Å². The van der Waals surface area contributed by atoms with Gasteiger partial charge >= 0.3 is 0 Å². The lowest BCUT2D eigenvalue weighted by molar-refractivity contribution is -0.137. The first-order valence-electron chi connectivity index (χ1n) is 4.65. The molecule has 1 aromatic carbocycles. The van der Waals surface area contributed by atoms with E-state index >= 15 is 0 Å². The van der Waals surface area contributed by atoms with Gasteiger partial charge in [-0.05, 0) is 17.7 Å². The molecule has 1 fully saturated rings. The monoisotopic (exact) mass is 267 g/mol. The largest absolute Gasteiger partial charge is 0.285 e. The van der Waals surface area contributed by atoms with Gasteiger partial charge in [0.15, 0.2) is 0 Å². The second-order valence-electron chi connectivity index (χ2n) is 3.60. The lowest BCUT2D eigenvalue weighted by Gasteiger charge is -2.09. The standard InChI is InChI=1S/C11H10BrNO2/c1-13-10(14)6-9(11(13)15)7-3-2-4-8(12)5-7/h2-5,9H,6H2,1H3/t9-/m0/s1. The van der Waals surface area contributed by atoms with E-state index in [4.69, 9.17) is 0 Å². The SMILES string of the molecule is CN1C(=O)C[C@@H](c2cccc(Br)c2)C1=O. The zero-order chi connectivity index (χ0) is 11.0.